The number of Topliss-reactive ketones (excluding diaryl/α,β-unsaturated/α-hetero) is 1. The maximum atomic E-state index is 13.3. The molecule has 2 atom stereocenters. The molecule has 2 N–H and O–H groups in total. The number of ketones is 1. The number of carbonyl (C=O) groups excluding carboxylic acids is 3. The fraction of sp³-hybridized carbons (Fsp3) is 0.536. The first-order valence-corrected chi connectivity index (χ1v) is 14.1. The van der Waals surface area contributed by atoms with Crippen molar-refractivity contribution in [1.82, 2.24) is 10.6 Å². The van der Waals surface area contributed by atoms with E-state index in [-0.39, 0.29) is 29.3 Å². The van der Waals surface area contributed by atoms with Gasteiger partial charge in [-0.2, -0.15) is 0 Å². The molecule has 0 unspecified atom stereocenters. The molecule has 2 heterocycles. The number of hydrogen-bond donors (Lipinski definition) is 2. The lowest BCUT2D eigenvalue weighted by Gasteiger charge is -2.24. The predicted molar refractivity (Wildman–Crippen MR) is 143 cm³/mol. The summed E-state index contributed by atoms with van der Waals surface area (Å²) in [4.78, 5) is 39.2. The number of nitrogens with one attached hydrogen (secondary N) is 2. The highest BCUT2D eigenvalue weighted by atomic mass is 32.2. The van der Waals surface area contributed by atoms with Crippen LogP contribution in [0.4, 0.5) is 0 Å². The average Bonchev–Trinajstić information content (AvgIpc) is 3.60. The van der Waals surface area contributed by atoms with Crippen molar-refractivity contribution in [3.63, 3.8) is 0 Å². The third-order valence-corrected chi connectivity index (χ3v) is 6.99. The van der Waals surface area contributed by atoms with E-state index in [9.17, 15) is 14.4 Å². The number of hydrogen-bond acceptors (Lipinski definition) is 7. The second-order valence-corrected chi connectivity index (χ2v) is 10.6. The van der Waals surface area contributed by atoms with Crippen molar-refractivity contribution in [1.29, 1.82) is 0 Å². The molecular weight excluding hydrogens is 492 g/mol. The van der Waals surface area contributed by atoms with Gasteiger partial charge in [0.2, 0.25) is 5.91 Å². The zero-order valence-corrected chi connectivity index (χ0v) is 22.7. The van der Waals surface area contributed by atoms with Crippen LogP contribution in [-0.2, 0) is 24.8 Å². The highest BCUT2D eigenvalue weighted by Crippen LogP contribution is 2.23. The van der Waals surface area contributed by atoms with Gasteiger partial charge in [-0.1, -0.05) is 45.7 Å². The molecule has 8 nitrogen and oxygen atoms in total. The topological polar surface area (TPSA) is 107 Å². The zero-order chi connectivity index (χ0) is 26.6. The van der Waals surface area contributed by atoms with Crippen LogP contribution in [0.1, 0.15) is 74.4 Å². The molecule has 202 valence electrons. The smallest absolute Gasteiger partial charge is 0.251 e. The van der Waals surface area contributed by atoms with E-state index in [1.54, 1.807) is 30.5 Å². The first kappa shape index (κ1) is 28.9. The SMILES string of the molecule is CCCC[C@H](NC(=O)[C@H](CC(C)C)NC(=O)c1ccc(C2OCCO2)cc1)C(=O)CSCc1ccco1. The summed E-state index contributed by atoms with van der Waals surface area (Å²) in [5, 5.41) is 5.80. The average molecular weight is 531 g/mol. The quantitative estimate of drug-likeness (QED) is 0.345. The number of benzene rings is 1. The number of unbranched alkanes of at least 4 members (excludes halogenated alkanes) is 1. The summed E-state index contributed by atoms with van der Waals surface area (Å²) in [6.07, 6.45) is 3.96. The fourth-order valence-corrected chi connectivity index (χ4v) is 4.90. The van der Waals surface area contributed by atoms with Crippen LogP contribution in [0.25, 0.3) is 0 Å². The van der Waals surface area contributed by atoms with E-state index in [1.165, 1.54) is 11.8 Å². The van der Waals surface area contributed by atoms with E-state index < -0.39 is 18.4 Å². The second kappa shape index (κ2) is 15.0. The summed E-state index contributed by atoms with van der Waals surface area (Å²) >= 11 is 1.46. The Hall–Kier alpha value is -2.62. The van der Waals surface area contributed by atoms with Crippen molar-refractivity contribution >= 4 is 29.4 Å². The van der Waals surface area contributed by atoms with Crippen molar-refractivity contribution in [2.45, 2.75) is 70.6 Å². The van der Waals surface area contributed by atoms with Crippen LogP contribution in [0.3, 0.4) is 0 Å². The largest absolute Gasteiger partial charge is 0.468 e. The van der Waals surface area contributed by atoms with E-state index in [0.29, 0.717) is 37.4 Å². The summed E-state index contributed by atoms with van der Waals surface area (Å²) in [6.45, 7) is 7.13. The van der Waals surface area contributed by atoms with Gasteiger partial charge in [0.05, 0.1) is 37.0 Å². The molecule has 0 aliphatic carbocycles. The van der Waals surface area contributed by atoms with Gasteiger partial charge in [0.25, 0.3) is 5.91 Å². The minimum atomic E-state index is -0.749. The molecule has 9 heteroatoms. The van der Waals surface area contributed by atoms with Gasteiger partial charge in [-0.05, 0) is 43.0 Å². The Balaban J connectivity index is 1.60. The Labute approximate surface area is 223 Å². The van der Waals surface area contributed by atoms with E-state index in [4.69, 9.17) is 13.9 Å². The zero-order valence-electron chi connectivity index (χ0n) is 21.9. The first-order chi connectivity index (χ1) is 17.9. The lowest BCUT2D eigenvalue weighted by molar-refractivity contribution is -0.128. The standard InChI is InChI=1S/C28H38N2O6S/c1-4-5-8-23(25(31)18-37-17-22-7-6-13-34-22)29-27(33)24(16-19(2)3)30-26(32)20-9-11-21(12-10-20)28-35-14-15-36-28/h6-7,9-13,19,23-24,28H,4-5,8,14-18H2,1-3H3,(H,29,33)(H,30,32)/t23-,24-/m0/s1. The summed E-state index contributed by atoms with van der Waals surface area (Å²) in [5.41, 5.74) is 1.28. The van der Waals surface area contributed by atoms with E-state index >= 15 is 0 Å². The van der Waals surface area contributed by atoms with Crippen LogP contribution in [0.15, 0.2) is 47.1 Å². The Kier molecular flexibility index (Phi) is 11.7. The van der Waals surface area contributed by atoms with E-state index in [2.05, 4.69) is 10.6 Å². The minimum Gasteiger partial charge on any atom is -0.468 e. The molecule has 1 aromatic carbocycles. The molecule has 0 saturated carbocycles. The molecule has 1 aliphatic heterocycles. The molecule has 1 saturated heterocycles. The molecule has 37 heavy (non-hydrogen) atoms. The van der Waals surface area contributed by atoms with Crippen molar-refractivity contribution < 1.29 is 28.3 Å². The fourth-order valence-electron chi connectivity index (χ4n) is 4.03. The number of rotatable bonds is 15. The molecule has 2 aromatic rings. The van der Waals surface area contributed by atoms with Gasteiger partial charge >= 0.3 is 0 Å². The van der Waals surface area contributed by atoms with Crippen LogP contribution in [0.5, 0.6) is 0 Å². The van der Waals surface area contributed by atoms with Crippen LogP contribution < -0.4 is 10.6 Å². The van der Waals surface area contributed by atoms with Crippen molar-refractivity contribution in [2.24, 2.45) is 5.92 Å². The second-order valence-electron chi connectivity index (χ2n) is 9.59. The molecule has 2 amide bonds. The van der Waals surface area contributed by atoms with E-state index in [0.717, 1.165) is 24.2 Å². The lowest BCUT2D eigenvalue weighted by atomic mass is 10.0. The summed E-state index contributed by atoms with van der Waals surface area (Å²) < 4.78 is 16.3. The Morgan fingerprint density at radius 1 is 1.03 bits per heavy atom. The van der Waals surface area contributed by atoms with Crippen molar-refractivity contribution in [3.05, 3.63) is 59.5 Å². The van der Waals surface area contributed by atoms with Crippen molar-refractivity contribution in [2.75, 3.05) is 19.0 Å². The number of carbonyl (C=O) groups is 3. The monoisotopic (exact) mass is 530 g/mol. The Morgan fingerprint density at radius 2 is 1.76 bits per heavy atom. The number of amides is 2. The van der Waals surface area contributed by atoms with Crippen molar-refractivity contribution in [3.8, 4) is 0 Å². The van der Waals surface area contributed by atoms with Gasteiger partial charge < -0.3 is 24.5 Å². The Morgan fingerprint density at radius 3 is 2.38 bits per heavy atom. The van der Waals surface area contributed by atoms with Gasteiger partial charge in [-0.3, -0.25) is 14.4 Å². The molecular formula is C28H38N2O6S. The summed E-state index contributed by atoms with van der Waals surface area (Å²) in [5.74, 6) is 1.14. The van der Waals surface area contributed by atoms with Gasteiger partial charge in [0.15, 0.2) is 12.1 Å². The van der Waals surface area contributed by atoms with Gasteiger partial charge in [0.1, 0.15) is 11.8 Å². The van der Waals surface area contributed by atoms with E-state index in [1.807, 2.05) is 32.9 Å². The third-order valence-electron chi connectivity index (χ3n) is 6.02. The molecule has 1 fully saturated rings. The number of ether oxygens (including phenoxy) is 2. The summed E-state index contributed by atoms with van der Waals surface area (Å²) in [7, 11) is 0. The van der Waals surface area contributed by atoms with Crippen LogP contribution in [0.2, 0.25) is 0 Å². The summed E-state index contributed by atoms with van der Waals surface area (Å²) in [6, 6.07) is 9.34. The molecule has 0 radical (unpaired) electrons. The van der Waals surface area contributed by atoms with Crippen LogP contribution >= 0.6 is 11.8 Å². The molecule has 1 aromatic heterocycles. The molecule has 3 rings (SSSR count). The highest BCUT2D eigenvalue weighted by molar-refractivity contribution is 7.99. The predicted octanol–water partition coefficient (Wildman–Crippen LogP) is 4.65. The minimum absolute atomic E-state index is 0.0279. The number of furan rings is 1. The molecule has 1 aliphatic rings. The van der Waals surface area contributed by atoms with Gasteiger partial charge in [-0.25, -0.2) is 0 Å². The lowest BCUT2D eigenvalue weighted by Crippen LogP contribution is -2.52. The Bertz CT molecular complexity index is 987. The normalized spacial score (nSPS) is 15.5. The van der Waals surface area contributed by atoms with Gasteiger partial charge in [-0.15, -0.1) is 11.8 Å². The molecule has 0 spiro atoms. The van der Waals surface area contributed by atoms with Crippen LogP contribution in [-0.4, -0.2) is 48.6 Å². The van der Waals surface area contributed by atoms with Crippen LogP contribution in [0, 0.1) is 5.92 Å². The number of thioether (sulfide) groups is 1. The molecule has 0 bridgehead atoms. The van der Waals surface area contributed by atoms with Gasteiger partial charge in [0, 0.05) is 11.1 Å². The third kappa shape index (κ3) is 9.32. The maximum Gasteiger partial charge on any atom is 0.251 e. The maximum absolute atomic E-state index is 13.3. The highest BCUT2D eigenvalue weighted by Gasteiger charge is 2.27. The first-order valence-electron chi connectivity index (χ1n) is 12.9.